The van der Waals surface area contributed by atoms with Crippen LogP contribution in [0.1, 0.15) is 46.3 Å². The minimum Gasteiger partial charge on any atom is -0.367 e. The molecule has 160 valence electrons. The van der Waals surface area contributed by atoms with E-state index in [2.05, 4.69) is 58.4 Å². The van der Waals surface area contributed by atoms with Crippen molar-refractivity contribution >= 4 is 26.0 Å². The first-order valence-electron chi connectivity index (χ1n) is 10.4. The zero-order valence-electron chi connectivity index (χ0n) is 17.1. The number of fused-ring (bicyclic) bond motifs is 5. The molecule has 4 nitrogen and oxygen atoms in total. The third-order valence-electron chi connectivity index (χ3n) is 6.19. The van der Waals surface area contributed by atoms with Crippen LogP contribution in [0.5, 0.6) is 0 Å². The Bertz CT molecular complexity index is 1220. The second-order valence-corrected chi connectivity index (χ2v) is 10.8. The van der Waals surface area contributed by atoms with Crippen molar-refractivity contribution in [2.24, 2.45) is 0 Å². The highest BCUT2D eigenvalue weighted by molar-refractivity contribution is 9.10. The molecule has 0 saturated carbocycles. The van der Waals surface area contributed by atoms with Crippen molar-refractivity contribution in [2.75, 3.05) is 6.61 Å². The standard InChI is InChI=1S/C25H23BrO4S/c1-16-6-10-21(11-7-16)31(27,28)29-15-20-14-24-22-5-3-2-4-17(22)12-18-8-9-19(26)13-23(18)25(24)30-20/h2-11,13,20,24-25H,12,14-15H2,1H3/t20-,24-,25-/m1/s1. The Hall–Kier alpha value is -1.99. The summed E-state index contributed by atoms with van der Waals surface area (Å²) in [7, 11) is -3.82. The van der Waals surface area contributed by atoms with E-state index in [1.54, 1.807) is 24.3 Å². The van der Waals surface area contributed by atoms with Crippen LogP contribution >= 0.6 is 15.9 Å². The van der Waals surface area contributed by atoms with E-state index in [1.807, 2.05) is 6.92 Å². The molecule has 31 heavy (non-hydrogen) atoms. The predicted molar refractivity (Wildman–Crippen MR) is 123 cm³/mol. The molecule has 3 atom stereocenters. The number of halogens is 1. The lowest BCUT2D eigenvalue weighted by Gasteiger charge is -2.19. The topological polar surface area (TPSA) is 52.6 Å². The number of rotatable bonds is 4. The molecule has 1 aliphatic heterocycles. The number of hydrogen-bond acceptors (Lipinski definition) is 4. The van der Waals surface area contributed by atoms with Crippen molar-refractivity contribution in [3.05, 3.63) is 99.0 Å². The van der Waals surface area contributed by atoms with Crippen molar-refractivity contribution in [3.8, 4) is 0 Å². The number of ether oxygens (including phenoxy) is 1. The second kappa shape index (κ2) is 8.17. The maximum atomic E-state index is 12.6. The van der Waals surface area contributed by atoms with E-state index in [4.69, 9.17) is 8.92 Å². The fourth-order valence-electron chi connectivity index (χ4n) is 4.64. The van der Waals surface area contributed by atoms with Crippen LogP contribution in [0, 0.1) is 6.92 Å². The van der Waals surface area contributed by atoms with Crippen LogP contribution in [-0.4, -0.2) is 21.1 Å². The Kier molecular flexibility index (Phi) is 5.51. The van der Waals surface area contributed by atoms with Crippen LogP contribution in [0.15, 0.2) is 76.1 Å². The van der Waals surface area contributed by atoms with E-state index in [0.717, 1.165) is 22.9 Å². The summed E-state index contributed by atoms with van der Waals surface area (Å²) in [6, 6.07) is 21.5. The van der Waals surface area contributed by atoms with Crippen LogP contribution in [0.3, 0.4) is 0 Å². The second-order valence-electron chi connectivity index (χ2n) is 8.29. The van der Waals surface area contributed by atoms with Gasteiger partial charge in [-0.25, -0.2) is 0 Å². The van der Waals surface area contributed by atoms with Gasteiger partial charge in [-0.2, -0.15) is 8.42 Å². The highest BCUT2D eigenvalue weighted by Crippen LogP contribution is 2.49. The number of aryl methyl sites for hydroxylation is 1. The Balaban J connectivity index is 1.41. The predicted octanol–water partition coefficient (Wildman–Crippen LogP) is 5.68. The van der Waals surface area contributed by atoms with Crippen LogP contribution in [0.4, 0.5) is 0 Å². The van der Waals surface area contributed by atoms with Gasteiger partial charge in [-0.1, -0.05) is 64.0 Å². The minimum absolute atomic E-state index is 0.00864. The molecule has 0 radical (unpaired) electrons. The quantitative estimate of drug-likeness (QED) is 0.434. The summed E-state index contributed by atoms with van der Waals surface area (Å²) < 4.78 is 38.1. The molecular formula is C25H23BrO4S. The van der Waals surface area contributed by atoms with Gasteiger partial charge in [0.1, 0.15) is 0 Å². The minimum atomic E-state index is -3.82. The number of benzene rings is 3. The molecule has 6 heteroatoms. The van der Waals surface area contributed by atoms with Gasteiger partial charge < -0.3 is 4.74 Å². The Morgan fingerprint density at radius 3 is 2.55 bits per heavy atom. The lowest BCUT2D eigenvalue weighted by atomic mass is 9.87. The molecule has 1 fully saturated rings. The number of hydrogen-bond donors (Lipinski definition) is 0. The van der Waals surface area contributed by atoms with Crippen molar-refractivity contribution in [1.29, 1.82) is 0 Å². The fourth-order valence-corrected chi connectivity index (χ4v) is 5.96. The molecule has 0 unspecified atom stereocenters. The lowest BCUT2D eigenvalue weighted by Crippen LogP contribution is -2.19. The Labute approximate surface area is 191 Å². The summed E-state index contributed by atoms with van der Waals surface area (Å²) in [5.41, 5.74) is 6.00. The third-order valence-corrected chi connectivity index (χ3v) is 7.98. The van der Waals surface area contributed by atoms with Crippen LogP contribution in [0.25, 0.3) is 0 Å². The first kappa shape index (κ1) is 20.9. The van der Waals surface area contributed by atoms with E-state index >= 15 is 0 Å². The van der Waals surface area contributed by atoms with E-state index in [0.29, 0.717) is 0 Å². The first-order valence-corrected chi connectivity index (χ1v) is 12.6. The zero-order chi connectivity index (χ0) is 21.6. The summed E-state index contributed by atoms with van der Waals surface area (Å²) in [5, 5.41) is 0. The van der Waals surface area contributed by atoms with Gasteiger partial charge in [-0.15, -0.1) is 0 Å². The molecule has 0 N–H and O–H groups in total. The molecule has 0 spiro atoms. The molecule has 0 bridgehead atoms. The summed E-state index contributed by atoms with van der Waals surface area (Å²) in [5.74, 6) is 0.169. The van der Waals surface area contributed by atoms with Gasteiger partial charge in [0.05, 0.1) is 23.7 Å². The van der Waals surface area contributed by atoms with Crippen LogP contribution in [-0.2, 0) is 25.5 Å². The van der Waals surface area contributed by atoms with Gasteiger partial charge >= 0.3 is 0 Å². The highest BCUT2D eigenvalue weighted by Gasteiger charge is 2.41. The van der Waals surface area contributed by atoms with Gasteiger partial charge in [0.15, 0.2) is 0 Å². The monoisotopic (exact) mass is 498 g/mol. The molecular weight excluding hydrogens is 476 g/mol. The molecule has 0 aromatic heterocycles. The van der Waals surface area contributed by atoms with Gasteiger partial charge in [0, 0.05) is 10.4 Å². The normalized spacial score (nSPS) is 22.3. The van der Waals surface area contributed by atoms with Gasteiger partial charge in [0.25, 0.3) is 10.1 Å². The summed E-state index contributed by atoms with van der Waals surface area (Å²) in [6.45, 7) is 1.93. The molecule has 3 aromatic carbocycles. The molecule has 1 heterocycles. The highest BCUT2D eigenvalue weighted by atomic mass is 79.9. The molecule has 5 rings (SSSR count). The lowest BCUT2D eigenvalue weighted by molar-refractivity contribution is 0.0157. The molecule has 1 aliphatic carbocycles. The first-order chi connectivity index (χ1) is 14.9. The van der Waals surface area contributed by atoms with Gasteiger partial charge in [-0.3, -0.25) is 4.18 Å². The van der Waals surface area contributed by atoms with Crippen LogP contribution < -0.4 is 0 Å². The molecule has 0 amide bonds. The van der Waals surface area contributed by atoms with E-state index in [1.165, 1.54) is 22.3 Å². The van der Waals surface area contributed by atoms with Crippen molar-refractivity contribution in [3.63, 3.8) is 0 Å². The van der Waals surface area contributed by atoms with E-state index < -0.39 is 10.1 Å². The summed E-state index contributed by atoms with van der Waals surface area (Å²) >= 11 is 3.59. The SMILES string of the molecule is Cc1ccc(S(=O)(=O)OC[C@H]2C[C@@H]3c4ccccc4Cc4ccc(Br)cc4[C@H]3O2)cc1. The zero-order valence-corrected chi connectivity index (χ0v) is 19.5. The molecule has 3 aromatic rings. The summed E-state index contributed by atoms with van der Waals surface area (Å²) in [4.78, 5) is 0.171. The maximum absolute atomic E-state index is 12.6. The summed E-state index contributed by atoms with van der Waals surface area (Å²) in [6.07, 6.45) is 1.18. The van der Waals surface area contributed by atoms with E-state index in [-0.39, 0.29) is 29.6 Å². The van der Waals surface area contributed by atoms with Gasteiger partial charge in [-0.05, 0) is 66.3 Å². The Morgan fingerprint density at radius 2 is 1.74 bits per heavy atom. The average Bonchev–Trinajstić information content (AvgIpc) is 3.13. The molecule has 2 aliphatic rings. The van der Waals surface area contributed by atoms with Crippen molar-refractivity contribution in [1.82, 2.24) is 0 Å². The van der Waals surface area contributed by atoms with E-state index in [9.17, 15) is 8.42 Å². The van der Waals surface area contributed by atoms with Crippen LogP contribution in [0.2, 0.25) is 0 Å². The smallest absolute Gasteiger partial charge is 0.297 e. The Morgan fingerprint density at radius 1 is 1.00 bits per heavy atom. The van der Waals surface area contributed by atoms with Gasteiger partial charge in [0.2, 0.25) is 0 Å². The average molecular weight is 499 g/mol. The largest absolute Gasteiger partial charge is 0.367 e. The van der Waals surface area contributed by atoms with Crippen molar-refractivity contribution in [2.45, 2.75) is 42.8 Å². The maximum Gasteiger partial charge on any atom is 0.297 e. The molecule has 1 saturated heterocycles. The third kappa shape index (κ3) is 4.10. The van der Waals surface area contributed by atoms with Crippen molar-refractivity contribution < 1.29 is 17.3 Å². The fraction of sp³-hybridized carbons (Fsp3) is 0.280.